The summed E-state index contributed by atoms with van der Waals surface area (Å²) in [6.45, 7) is 8.97. The first kappa shape index (κ1) is 9.79. The highest BCUT2D eigenvalue weighted by Gasteiger charge is 2.26. The fourth-order valence-corrected chi connectivity index (χ4v) is 1.66. The van der Waals surface area contributed by atoms with Gasteiger partial charge in [-0.15, -0.1) is 0 Å². The van der Waals surface area contributed by atoms with Crippen LogP contribution in [-0.2, 0) is 0 Å². The summed E-state index contributed by atoms with van der Waals surface area (Å²) in [6, 6.07) is 0. The van der Waals surface area contributed by atoms with Crippen molar-refractivity contribution in [1.82, 2.24) is 0 Å². The molecule has 0 fully saturated rings. The van der Waals surface area contributed by atoms with Gasteiger partial charge in [0.15, 0.2) is 0 Å². The van der Waals surface area contributed by atoms with Crippen LogP contribution in [-0.4, -0.2) is 5.54 Å². The quantitative estimate of drug-likeness (QED) is 0.552. The molecule has 0 aromatic heterocycles. The van der Waals surface area contributed by atoms with Crippen molar-refractivity contribution in [3.05, 3.63) is 11.6 Å². The van der Waals surface area contributed by atoms with Crippen LogP contribution in [0.2, 0.25) is 0 Å². The zero-order chi connectivity index (χ0) is 9.41. The van der Waals surface area contributed by atoms with Crippen LogP contribution < -0.4 is 5.73 Å². The molecule has 0 spiro atoms. The van der Waals surface area contributed by atoms with E-state index in [0.29, 0.717) is 5.41 Å². The van der Waals surface area contributed by atoms with E-state index in [2.05, 4.69) is 33.8 Å². The van der Waals surface area contributed by atoms with Gasteiger partial charge in [-0.25, -0.2) is 0 Å². The lowest BCUT2D eigenvalue weighted by molar-refractivity contribution is 0.375. The number of hydrogen-bond donors (Lipinski definition) is 1. The first-order valence-electron chi connectivity index (χ1n) is 4.80. The Labute approximate surface area is 76.0 Å². The van der Waals surface area contributed by atoms with Crippen molar-refractivity contribution >= 4 is 0 Å². The first-order chi connectivity index (χ1) is 5.31. The fourth-order valence-electron chi connectivity index (χ4n) is 1.66. The molecule has 0 saturated heterocycles. The van der Waals surface area contributed by atoms with E-state index in [1.807, 2.05) is 0 Å². The summed E-state index contributed by atoms with van der Waals surface area (Å²) in [5.74, 6) is 0. The van der Waals surface area contributed by atoms with Crippen molar-refractivity contribution in [3.8, 4) is 0 Å². The molecule has 1 nitrogen and oxygen atoms in total. The van der Waals surface area contributed by atoms with Crippen LogP contribution in [0.5, 0.6) is 0 Å². The number of allylic oxidation sites excluding steroid dienone is 1. The Bertz CT molecular complexity index is 194. The summed E-state index contributed by atoms with van der Waals surface area (Å²) in [6.07, 6.45) is 5.69. The molecule has 1 rings (SSSR count). The molecular weight excluding hydrogens is 146 g/mol. The lowest BCUT2D eigenvalue weighted by Crippen LogP contribution is -2.38. The molecule has 0 saturated carbocycles. The predicted molar refractivity (Wildman–Crippen MR) is 54.0 cm³/mol. The van der Waals surface area contributed by atoms with Crippen LogP contribution in [0.3, 0.4) is 0 Å². The second kappa shape index (κ2) is 2.88. The Morgan fingerprint density at radius 1 is 1.42 bits per heavy atom. The monoisotopic (exact) mass is 167 g/mol. The predicted octanol–water partition coefficient (Wildman–Crippen LogP) is 2.86. The summed E-state index contributed by atoms with van der Waals surface area (Å²) < 4.78 is 0. The summed E-state index contributed by atoms with van der Waals surface area (Å²) in [7, 11) is 0. The van der Waals surface area contributed by atoms with Crippen molar-refractivity contribution in [2.75, 3.05) is 0 Å². The molecule has 70 valence electrons. The van der Waals surface area contributed by atoms with E-state index >= 15 is 0 Å². The minimum absolute atomic E-state index is 0.0503. The molecule has 0 amide bonds. The molecule has 1 unspecified atom stereocenters. The van der Waals surface area contributed by atoms with Gasteiger partial charge in [-0.05, 0) is 31.6 Å². The van der Waals surface area contributed by atoms with Crippen LogP contribution in [0, 0.1) is 5.41 Å². The third kappa shape index (κ3) is 2.34. The zero-order valence-electron chi connectivity index (χ0n) is 8.78. The lowest BCUT2D eigenvalue weighted by atomic mass is 9.75. The van der Waals surface area contributed by atoms with E-state index in [9.17, 15) is 0 Å². The maximum Gasteiger partial charge on any atom is 0.0163 e. The minimum Gasteiger partial charge on any atom is -0.325 e. The summed E-state index contributed by atoms with van der Waals surface area (Å²) in [4.78, 5) is 0. The average molecular weight is 167 g/mol. The van der Waals surface area contributed by atoms with E-state index in [1.165, 1.54) is 6.42 Å². The third-order valence-electron chi connectivity index (χ3n) is 2.74. The van der Waals surface area contributed by atoms with Crippen LogP contribution in [0.1, 0.15) is 47.0 Å². The molecule has 1 aliphatic rings. The molecule has 1 atom stereocenters. The zero-order valence-corrected chi connectivity index (χ0v) is 8.78. The van der Waals surface area contributed by atoms with E-state index in [0.717, 1.165) is 12.8 Å². The highest BCUT2D eigenvalue weighted by atomic mass is 14.7. The van der Waals surface area contributed by atoms with Gasteiger partial charge in [-0.1, -0.05) is 32.4 Å². The Morgan fingerprint density at radius 2 is 2.00 bits per heavy atom. The Kier molecular flexibility index (Phi) is 2.35. The number of hydrogen-bond acceptors (Lipinski definition) is 1. The second-order valence-electron chi connectivity index (χ2n) is 5.34. The van der Waals surface area contributed by atoms with Crippen LogP contribution in [0.4, 0.5) is 0 Å². The fraction of sp³-hybridized carbons (Fsp3) is 0.818. The van der Waals surface area contributed by atoms with Gasteiger partial charge in [0, 0.05) is 5.54 Å². The van der Waals surface area contributed by atoms with E-state index in [1.54, 1.807) is 5.57 Å². The minimum atomic E-state index is 0.0503. The molecule has 2 N–H and O–H groups in total. The summed E-state index contributed by atoms with van der Waals surface area (Å²) in [5, 5.41) is 0. The molecule has 1 aliphatic carbocycles. The molecule has 0 aliphatic heterocycles. The Morgan fingerprint density at radius 3 is 2.33 bits per heavy atom. The molecule has 1 heteroatoms. The maximum absolute atomic E-state index is 6.04. The summed E-state index contributed by atoms with van der Waals surface area (Å²) >= 11 is 0. The molecule has 12 heavy (non-hydrogen) atoms. The molecule has 0 heterocycles. The van der Waals surface area contributed by atoms with Gasteiger partial charge in [-0.2, -0.15) is 0 Å². The van der Waals surface area contributed by atoms with Gasteiger partial charge < -0.3 is 5.73 Å². The third-order valence-corrected chi connectivity index (χ3v) is 2.74. The molecule has 0 radical (unpaired) electrons. The van der Waals surface area contributed by atoms with Gasteiger partial charge in [0.2, 0.25) is 0 Å². The van der Waals surface area contributed by atoms with Gasteiger partial charge in [0.1, 0.15) is 0 Å². The largest absolute Gasteiger partial charge is 0.325 e. The standard InChI is InChI=1S/C11H21N/c1-10(2,3)9-5-7-11(4,12)8-6-9/h5H,6-8,12H2,1-4H3. The van der Waals surface area contributed by atoms with Gasteiger partial charge in [-0.3, -0.25) is 0 Å². The smallest absolute Gasteiger partial charge is 0.0163 e. The topological polar surface area (TPSA) is 26.0 Å². The van der Waals surface area contributed by atoms with E-state index < -0.39 is 0 Å². The summed E-state index contributed by atoms with van der Waals surface area (Å²) in [5.41, 5.74) is 8.01. The van der Waals surface area contributed by atoms with Crippen molar-refractivity contribution in [1.29, 1.82) is 0 Å². The lowest BCUT2D eigenvalue weighted by Gasteiger charge is -2.33. The van der Waals surface area contributed by atoms with Gasteiger partial charge in [0.25, 0.3) is 0 Å². The van der Waals surface area contributed by atoms with E-state index in [4.69, 9.17) is 5.73 Å². The van der Waals surface area contributed by atoms with Crippen LogP contribution in [0.25, 0.3) is 0 Å². The van der Waals surface area contributed by atoms with Crippen LogP contribution in [0.15, 0.2) is 11.6 Å². The first-order valence-corrected chi connectivity index (χ1v) is 4.80. The van der Waals surface area contributed by atoms with Gasteiger partial charge in [0.05, 0.1) is 0 Å². The van der Waals surface area contributed by atoms with Crippen molar-refractivity contribution in [2.45, 2.75) is 52.5 Å². The van der Waals surface area contributed by atoms with Crippen molar-refractivity contribution in [3.63, 3.8) is 0 Å². The Balaban J connectivity index is 2.69. The highest BCUT2D eigenvalue weighted by Crippen LogP contribution is 2.35. The van der Waals surface area contributed by atoms with E-state index in [-0.39, 0.29) is 5.54 Å². The van der Waals surface area contributed by atoms with Gasteiger partial charge >= 0.3 is 0 Å². The van der Waals surface area contributed by atoms with Crippen molar-refractivity contribution < 1.29 is 0 Å². The average Bonchev–Trinajstić information content (AvgIpc) is 1.83. The highest BCUT2D eigenvalue weighted by molar-refractivity contribution is 5.16. The van der Waals surface area contributed by atoms with Crippen LogP contribution >= 0.6 is 0 Å². The molecule has 0 aromatic carbocycles. The molecular formula is C11H21N. The van der Waals surface area contributed by atoms with Crippen molar-refractivity contribution in [2.24, 2.45) is 11.1 Å². The normalized spacial score (nSPS) is 31.6. The SMILES string of the molecule is CC1(N)CC=C(C(C)(C)C)CC1. The number of nitrogens with two attached hydrogens (primary N) is 1. The second-order valence-corrected chi connectivity index (χ2v) is 5.34. The maximum atomic E-state index is 6.04. The number of rotatable bonds is 0. The Hall–Kier alpha value is -0.300. The molecule has 0 bridgehead atoms. The molecule has 0 aromatic rings.